The number of hydrogen-bond acceptors (Lipinski definition) is 4. The third-order valence-electron chi connectivity index (χ3n) is 2.01. The van der Waals surface area contributed by atoms with Gasteiger partial charge in [0.2, 0.25) is 0 Å². The molecule has 1 heterocycles. The van der Waals surface area contributed by atoms with Gasteiger partial charge in [-0.3, -0.25) is 0 Å². The Bertz CT molecular complexity index is 519. The largest absolute Gasteiger partial charge is 0.462 e. The number of aromatic nitrogens is 1. The molecule has 0 aliphatic rings. The van der Waals surface area contributed by atoms with Gasteiger partial charge >= 0.3 is 5.97 Å². The normalized spacial score (nSPS) is 9.78. The van der Waals surface area contributed by atoms with Gasteiger partial charge in [0.1, 0.15) is 0 Å². The minimum atomic E-state index is -0.273. The van der Waals surface area contributed by atoms with Crippen LogP contribution in [0.25, 0.3) is 10.2 Å². The Morgan fingerprint density at radius 1 is 1.33 bits per heavy atom. The zero-order valence-electron chi connectivity index (χ0n) is 11.3. The van der Waals surface area contributed by atoms with E-state index in [-0.39, 0.29) is 5.97 Å². The van der Waals surface area contributed by atoms with Gasteiger partial charge in [-0.2, -0.15) is 0 Å². The highest BCUT2D eigenvalue weighted by Gasteiger charge is 2.08. The molecule has 2 aromatic rings. The maximum atomic E-state index is 11.5. The van der Waals surface area contributed by atoms with E-state index in [0.29, 0.717) is 12.2 Å². The van der Waals surface area contributed by atoms with Gasteiger partial charge in [-0.05, 0) is 32.0 Å². The van der Waals surface area contributed by atoms with E-state index in [1.165, 1.54) is 6.42 Å². The predicted octanol–water partition coefficient (Wildman–Crippen LogP) is 4.20. The smallest absolute Gasteiger partial charge is 0.338 e. The highest BCUT2D eigenvalue weighted by atomic mass is 32.1. The molecule has 0 unspecified atom stereocenters. The second-order valence-electron chi connectivity index (χ2n) is 3.84. The molecule has 0 amide bonds. The van der Waals surface area contributed by atoms with Gasteiger partial charge < -0.3 is 4.74 Å². The van der Waals surface area contributed by atoms with Crippen LogP contribution < -0.4 is 0 Å². The van der Waals surface area contributed by atoms with Crippen molar-refractivity contribution in [3.63, 3.8) is 0 Å². The summed E-state index contributed by atoms with van der Waals surface area (Å²) in [5.74, 6) is -0.273. The molecule has 0 fully saturated rings. The number of esters is 1. The van der Waals surface area contributed by atoms with Crippen LogP contribution in [0.15, 0.2) is 18.2 Å². The lowest BCUT2D eigenvalue weighted by atomic mass is 10.2. The molecule has 4 heteroatoms. The third-order valence-corrected chi connectivity index (χ3v) is 2.94. The van der Waals surface area contributed by atoms with Crippen molar-refractivity contribution >= 4 is 27.5 Å². The topological polar surface area (TPSA) is 39.2 Å². The molecule has 0 spiro atoms. The van der Waals surface area contributed by atoms with Crippen molar-refractivity contribution in [3.05, 3.63) is 28.8 Å². The molecule has 1 aromatic carbocycles. The Morgan fingerprint density at radius 2 is 2.00 bits per heavy atom. The van der Waals surface area contributed by atoms with Crippen LogP contribution >= 0.6 is 11.3 Å². The summed E-state index contributed by atoms with van der Waals surface area (Å²) in [6.07, 6.45) is 1.25. The van der Waals surface area contributed by atoms with E-state index in [2.05, 4.69) is 18.8 Å². The summed E-state index contributed by atoms with van der Waals surface area (Å²) >= 11 is 1.58. The number of carbonyl (C=O) groups is 1. The zero-order valence-corrected chi connectivity index (χ0v) is 12.1. The molecular weight excluding hydrogens is 246 g/mol. The average Bonchev–Trinajstić information content (AvgIpc) is 2.69. The number of aryl methyl sites for hydroxylation is 1. The fraction of sp³-hybridized carbons (Fsp3) is 0.429. The minimum absolute atomic E-state index is 0.273. The number of thiazole rings is 1. The van der Waals surface area contributed by atoms with Crippen LogP contribution in [0.3, 0.4) is 0 Å². The lowest BCUT2D eigenvalue weighted by Gasteiger charge is -2.00. The Labute approximate surface area is 112 Å². The first-order valence-electron chi connectivity index (χ1n) is 6.16. The maximum absolute atomic E-state index is 11.5. The second kappa shape index (κ2) is 7.11. The van der Waals surface area contributed by atoms with Crippen molar-refractivity contribution in [2.45, 2.75) is 34.1 Å². The molecule has 0 saturated heterocycles. The summed E-state index contributed by atoms with van der Waals surface area (Å²) in [4.78, 5) is 15.8. The van der Waals surface area contributed by atoms with Crippen molar-refractivity contribution in [2.24, 2.45) is 0 Å². The van der Waals surface area contributed by atoms with E-state index in [1.807, 2.05) is 19.1 Å². The van der Waals surface area contributed by atoms with Gasteiger partial charge in [-0.25, -0.2) is 9.78 Å². The van der Waals surface area contributed by atoms with E-state index in [4.69, 9.17) is 4.74 Å². The average molecular weight is 265 g/mol. The predicted molar refractivity (Wildman–Crippen MR) is 76.3 cm³/mol. The van der Waals surface area contributed by atoms with Gasteiger partial charge in [-0.1, -0.05) is 20.3 Å². The first-order chi connectivity index (χ1) is 8.62. The monoisotopic (exact) mass is 265 g/mol. The zero-order chi connectivity index (χ0) is 13.5. The Kier molecular flexibility index (Phi) is 5.78. The van der Waals surface area contributed by atoms with E-state index in [0.717, 1.165) is 15.2 Å². The van der Waals surface area contributed by atoms with E-state index >= 15 is 0 Å². The molecule has 0 aliphatic heterocycles. The number of nitrogens with zero attached hydrogens (tertiary/aromatic N) is 1. The molecule has 0 atom stereocenters. The van der Waals surface area contributed by atoms with Crippen LogP contribution in [0.5, 0.6) is 0 Å². The SMILES string of the molecule is CCC.CCOC(=O)c1ccc2nc(C)sc2c1. The number of ether oxygens (including phenoxy) is 1. The van der Waals surface area contributed by atoms with E-state index in [9.17, 15) is 4.79 Å². The summed E-state index contributed by atoms with van der Waals surface area (Å²) in [5.41, 5.74) is 1.53. The minimum Gasteiger partial charge on any atom is -0.462 e. The highest BCUT2D eigenvalue weighted by molar-refractivity contribution is 7.18. The summed E-state index contributed by atoms with van der Waals surface area (Å²) in [6, 6.07) is 5.43. The summed E-state index contributed by atoms with van der Waals surface area (Å²) in [7, 11) is 0. The molecule has 3 nitrogen and oxygen atoms in total. The Hall–Kier alpha value is -1.42. The molecule has 18 heavy (non-hydrogen) atoms. The van der Waals surface area contributed by atoms with Gasteiger partial charge in [0.25, 0.3) is 0 Å². The van der Waals surface area contributed by atoms with Crippen molar-refractivity contribution < 1.29 is 9.53 Å². The Balaban J connectivity index is 0.000000492. The van der Waals surface area contributed by atoms with Gasteiger partial charge in [0, 0.05) is 0 Å². The number of fused-ring (bicyclic) bond motifs is 1. The number of benzene rings is 1. The molecule has 0 N–H and O–H groups in total. The third kappa shape index (κ3) is 3.81. The van der Waals surface area contributed by atoms with Crippen molar-refractivity contribution in [2.75, 3.05) is 6.61 Å². The Morgan fingerprint density at radius 3 is 2.61 bits per heavy atom. The van der Waals surface area contributed by atoms with E-state index < -0.39 is 0 Å². The first kappa shape index (κ1) is 14.6. The molecule has 98 valence electrons. The fourth-order valence-corrected chi connectivity index (χ4v) is 2.25. The summed E-state index contributed by atoms with van der Waals surface area (Å²) in [6.45, 7) is 8.40. The van der Waals surface area contributed by atoms with Crippen LogP contribution in [0, 0.1) is 6.92 Å². The fourth-order valence-electron chi connectivity index (χ4n) is 1.38. The molecule has 2 rings (SSSR count). The van der Waals surface area contributed by atoms with Crippen LogP contribution in [-0.2, 0) is 4.74 Å². The molecule has 0 radical (unpaired) electrons. The maximum Gasteiger partial charge on any atom is 0.338 e. The van der Waals surface area contributed by atoms with Gasteiger partial charge in [-0.15, -0.1) is 11.3 Å². The standard InChI is InChI=1S/C11H11NO2S.C3H8/c1-3-14-11(13)8-4-5-9-10(6-8)15-7(2)12-9;1-3-2/h4-6H,3H2,1-2H3;3H2,1-2H3. The van der Waals surface area contributed by atoms with Crippen molar-refractivity contribution in [1.82, 2.24) is 4.98 Å². The number of rotatable bonds is 2. The molecule has 0 saturated carbocycles. The van der Waals surface area contributed by atoms with Crippen LogP contribution in [0.1, 0.15) is 42.6 Å². The molecule has 0 aliphatic carbocycles. The van der Waals surface area contributed by atoms with Crippen LogP contribution in [0.4, 0.5) is 0 Å². The van der Waals surface area contributed by atoms with Crippen LogP contribution in [-0.4, -0.2) is 17.6 Å². The lowest BCUT2D eigenvalue weighted by Crippen LogP contribution is -2.03. The highest BCUT2D eigenvalue weighted by Crippen LogP contribution is 2.22. The molecule has 0 bridgehead atoms. The number of hydrogen-bond donors (Lipinski definition) is 0. The quantitative estimate of drug-likeness (QED) is 0.764. The van der Waals surface area contributed by atoms with Crippen LogP contribution in [0.2, 0.25) is 0 Å². The molecule has 1 aromatic heterocycles. The van der Waals surface area contributed by atoms with Gasteiger partial charge in [0.15, 0.2) is 0 Å². The summed E-state index contributed by atoms with van der Waals surface area (Å²) < 4.78 is 5.95. The van der Waals surface area contributed by atoms with Gasteiger partial charge in [0.05, 0.1) is 27.4 Å². The van der Waals surface area contributed by atoms with E-state index in [1.54, 1.807) is 24.3 Å². The second-order valence-corrected chi connectivity index (χ2v) is 5.08. The van der Waals surface area contributed by atoms with Crippen molar-refractivity contribution in [1.29, 1.82) is 0 Å². The first-order valence-corrected chi connectivity index (χ1v) is 6.98. The number of carbonyl (C=O) groups excluding carboxylic acids is 1. The lowest BCUT2D eigenvalue weighted by molar-refractivity contribution is 0.0526. The van der Waals surface area contributed by atoms with Crippen molar-refractivity contribution in [3.8, 4) is 0 Å². The molecular formula is C14H19NO2S. The summed E-state index contributed by atoms with van der Waals surface area (Å²) in [5, 5.41) is 1.01.